The van der Waals surface area contributed by atoms with Crippen molar-refractivity contribution in [3.05, 3.63) is 11.1 Å². The molecule has 6 heteroatoms. The third-order valence-corrected chi connectivity index (χ3v) is 3.18. The molecular weight excluding hydrogens is 220 g/mol. The first kappa shape index (κ1) is 10.8. The zero-order valence-electron chi connectivity index (χ0n) is 8.20. The molecule has 3 nitrogen and oxygen atoms in total. The highest BCUT2D eigenvalue weighted by Gasteiger charge is 2.30. The minimum atomic E-state index is -2.27. The van der Waals surface area contributed by atoms with Crippen molar-refractivity contribution in [1.29, 1.82) is 0 Å². The standard InChI is InChI=1S/C9H13F2N3S/c10-8(11)5-14(6-1-2-6)4-7-3-13-9(12)15-7/h3,6,8H,1-2,4-5H2,(H2,12,13). The highest BCUT2D eigenvalue weighted by molar-refractivity contribution is 7.15. The van der Waals surface area contributed by atoms with Crippen LogP contribution >= 0.6 is 11.3 Å². The van der Waals surface area contributed by atoms with Crippen LogP contribution in [-0.2, 0) is 6.54 Å². The number of nitrogens with zero attached hydrogens (tertiary/aromatic N) is 2. The first-order chi connectivity index (χ1) is 7.15. The molecule has 0 saturated heterocycles. The Balaban J connectivity index is 1.94. The van der Waals surface area contributed by atoms with Crippen molar-refractivity contribution in [3.63, 3.8) is 0 Å². The SMILES string of the molecule is Nc1ncc(CN(CC(F)F)C2CC2)s1. The van der Waals surface area contributed by atoms with E-state index < -0.39 is 6.43 Å². The highest BCUT2D eigenvalue weighted by Crippen LogP contribution is 2.30. The fourth-order valence-electron chi connectivity index (χ4n) is 1.56. The van der Waals surface area contributed by atoms with Gasteiger partial charge in [0.05, 0.1) is 6.54 Å². The van der Waals surface area contributed by atoms with Gasteiger partial charge in [0.1, 0.15) is 0 Å². The number of rotatable bonds is 5. The number of nitrogen functional groups attached to an aromatic ring is 1. The Morgan fingerprint density at radius 3 is 2.80 bits per heavy atom. The number of hydrogen-bond acceptors (Lipinski definition) is 4. The quantitative estimate of drug-likeness (QED) is 0.845. The van der Waals surface area contributed by atoms with Gasteiger partial charge < -0.3 is 5.73 Å². The number of aromatic nitrogens is 1. The average molecular weight is 233 g/mol. The summed E-state index contributed by atoms with van der Waals surface area (Å²) in [5, 5.41) is 0.498. The molecule has 84 valence electrons. The van der Waals surface area contributed by atoms with Gasteiger partial charge in [-0.2, -0.15) is 0 Å². The van der Waals surface area contributed by atoms with Crippen LogP contribution in [0.25, 0.3) is 0 Å². The van der Waals surface area contributed by atoms with Crippen LogP contribution in [0.2, 0.25) is 0 Å². The monoisotopic (exact) mass is 233 g/mol. The van der Waals surface area contributed by atoms with E-state index >= 15 is 0 Å². The number of thiazole rings is 1. The molecule has 15 heavy (non-hydrogen) atoms. The summed E-state index contributed by atoms with van der Waals surface area (Å²) >= 11 is 1.37. The van der Waals surface area contributed by atoms with E-state index in [9.17, 15) is 8.78 Å². The van der Waals surface area contributed by atoms with Gasteiger partial charge in [-0.25, -0.2) is 13.8 Å². The van der Waals surface area contributed by atoms with Gasteiger partial charge in [0.25, 0.3) is 6.43 Å². The third-order valence-electron chi connectivity index (χ3n) is 2.37. The summed E-state index contributed by atoms with van der Waals surface area (Å²) in [5.41, 5.74) is 5.49. The molecule has 0 radical (unpaired) electrons. The normalized spacial score (nSPS) is 16.5. The van der Waals surface area contributed by atoms with E-state index in [1.807, 2.05) is 4.90 Å². The van der Waals surface area contributed by atoms with Crippen LogP contribution < -0.4 is 5.73 Å². The number of hydrogen-bond donors (Lipinski definition) is 1. The second-order valence-corrected chi connectivity index (χ2v) is 4.86. The summed E-state index contributed by atoms with van der Waals surface area (Å²) in [6.07, 6.45) is 1.46. The van der Waals surface area contributed by atoms with Crippen LogP contribution in [0, 0.1) is 0 Å². The van der Waals surface area contributed by atoms with Gasteiger partial charge >= 0.3 is 0 Å². The van der Waals surface area contributed by atoms with Crippen molar-refractivity contribution in [2.45, 2.75) is 31.9 Å². The van der Waals surface area contributed by atoms with Gasteiger partial charge in [-0.15, -0.1) is 11.3 Å². The summed E-state index contributed by atoms with van der Waals surface area (Å²) in [4.78, 5) is 6.69. The second-order valence-electron chi connectivity index (χ2n) is 3.72. The Morgan fingerprint density at radius 1 is 1.60 bits per heavy atom. The molecule has 0 spiro atoms. The molecule has 1 aromatic heterocycles. The van der Waals surface area contributed by atoms with Crippen molar-refractivity contribution in [3.8, 4) is 0 Å². The predicted octanol–water partition coefficient (Wildman–Crippen LogP) is 1.95. The molecule has 1 heterocycles. The Labute approximate surface area is 90.9 Å². The molecule has 1 fully saturated rings. The Kier molecular flexibility index (Phi) is 3.16. The smallest absolute Gasteiger partial charge is 0.251 e. The third kappa shape index (κ3) is 3.10. The summed E-state index contributed by atoms with van der Waals surface area (Å²) in [6, 6.07) is 0.335. The molecule has 1 aliphatic carbocycles. The molecule has 0 atom stereocenters. The molecule has 1 aliphatic rings. The van der Waals surface area contributed by atoms with Gasteiger partial charge in [0.2, 0.25) is 0 Å². The predicted molar refractivity (Wildman–Crippen MR) is 56.0 cm³/mol. The largest absolute Gasteiger partial charge is 0.375 e. The van der Waals surface area contributed by atoms with Crippen LogP contribution in [0.15, 0.2) is 6.20 Å². The van der Waals surface area contributed by atoms with Gasteiger partial charge in [0.15, 0.2) is 5.13 Å². The average Bonchev–Trinajstić information content (AvgIpc) is 2.90. The van der Waals surface area contributed by atoms with E-state index in [-0.39, 0.29) is 6.54 Å². The van der Waals surface area contributed by atoms with Crippen LogP contribution in [-0.4, -0.2) is 28.9 Å². The Bertz CT molecular complexity index is 325. The van der Waals surface area contributed by atoms with E-state index in [0.29, 0.717) is 17.7 Å². The minimum absolute atomic E-state index is 0.150. The number of anilines is 1. The zero-order valence-corrected chi connectivity index (χ0v) is 9.01. The van der Waals surface area contributed by atoms with E-state index in [2.05, 4.69) is 4.98 Å². The maximum Gasteiger partial charge on any atom is 0.251 e. The Morgan fingerprint density at radius 2 is 2.33 bits per heavy atom. The van der Waals surface area contributed by atoms with Gasteiger partial charge in [0, 0.05) is 23.7 Å². The van der Waals surface area contributed by atoms with Crippen molar-refractivity contribution < 1.29 is 8.78 Å². The lowest BCUT2D eigenvalue weighted by molar-refractivity contribution is 0.0810. The summed E-state index contributed by atoms with van der Waals surface area (Å²) in [7, 11) is 0. The zero-order chi connectivity index (χ0) is 10.8. The molecule has 0 unspecified atom stereocenters. The summed E-state index contributed by atoms with van der Waals surface area (Å²) in [6.45, 7) is 0.395. The molecule has 0 bridgehead atoms. The first-order valence-electron chi connectivity index (χ1n) is 4.87. The maximum atomic E-state index is 12.3. The fraction of sp³-hybridized carbons (Fsp3) is 0.667. The van der Waals surface area contributed by atoms with E-state index in [4.69, 9.17) is 5.73 Å². The van der Waals surface area contributed by atoms with Crippen LogP contribution in [0.4, 0.5) is 13.9 Å². The van der Waals surface area contributed by atoms with Gasteiger partial charge in [-0.05, 0) is 12.8 Å². The van der Waals surface area contributed by atoms with Crippen LogP contribution in [0.3, 0.4) is 0 Å². The van der Waals surface area contributed by atoms with Crippen LogP contribution in [0.5, 0.6) is 0 Å². The molecule has 2 rings (SSSR count). The van der Waals surface area contributed by atoms with E-state index in [0.717, 1.165) is 17.7 Å². The fourth-order valence-corrected chi connectivity index (χ4v) is 2.27. The minimum Gasteiger partial charge on any atom is -0.375 e. The molecule has 1 aromatic rings. The van der Waals surface area contributed by atoms with Gasteiger partial charge in [-0.3, -0.25) is 4.90 Å². The lowest BCUT2D eigenvalue weighted by Crippen LogP contribution is -2.30. The number of alkyl halides is 2. The lowest BCUT2D eigenvalue weighted by atomic mass is 10.4. The van der Waals surface area contributed by atoms with E-state index in [1.54, 1.807) is 6.20 Å². The van der Waals surface area contributed by atoms with Crippen molar-refractivity contribution in [2.24, 2.45) is 0 Å². The first-order valence-corrected chi connectivity index (χ1v) is 5.69. The molecule has 2 N–H and O–H groups in total. The van der Waals surface area contributed by atoms with Gasteiger partial charge in [-0.1, -0.05) is 0 Å². The molecule has 0 aliphatic heterocycles. The number of nitrogens with two attached hydrogens (primary N) is 1. The molecule has 0 amide bonds. The van der Waals surface area contributed by atoms with Crippen LogP contribution in [0.1, 0.15) is 17.7 Å². The lowest BCUT2D eigenvalue weighted by Gasteiger charge is -2.20. The van der Waals surface area contributed by atoms with Crippen molar-refractivity contribution >= 4 is 16.5 Å². The number of halogens is 2. The molecule has 1 saturated carbocycles. The highest BCUT2D eigenvalue weighted by atomic mass is 32.1. The second kappa shape index (κ2) is 4.40. The van der Waals surface area contributed by atoms with Crippen molar-refractivity contribution in [1.82, 2.24) is 9.88 Å². The van der Waals surface area contributed by atoms with Crippen molar-refractivity contribution in [2.75, 3.05) is 12.3 Å². The van der Waals surface area contributed by atoms with E-state index in [1.165, 1.54) is 11.3 Å². The Hall–Kier alpha value is -0.750. The summed E-state index contributed by atoms with van der Waals surface area (Å²) < 4.78 is 24.6. The maximum absolute atomic E-state index is 12.3. The summed E-state index contributed by atoms with van der Waals surface area (Å²) in [5.74, 6) is 0. The molecule has 0 aromatic carbocycles. The topological polar surface area (TPSA) is 42.1 Å². The molecular formula is C9H13F2N3S.